The summed E-state index contributed by atoms with van der Waals surface area (Å²) in [5.74, 6) is 2.37. The summed E-state index contributed by atoms with van der Waals surface area (Å²) in [5, 5.41) is 2.99. The van der Waals surface area contributed by atoms with E-state index in [-0.39, 0.29) is 5.91 Å². The number of amides is 1. The number of anilines is 1. The highest BCUT2D eigenvalue weighted by Crippen LogP contribution is 2.15. The summed E-state index contributed by atoms with van der Waals surface area (Å²) in [6.45, 7) is 14.3. The number of nitrogens with zero attached hydrogens (tertiary/aromatic N) is 5. The number of carbonyl (C=O) groups excluding carboxylic acids is 1. The number of nitrogens with one attached hydrogen (secondary N) is 1. The van der Waals surface area contributed by atoms with Gasteiger partial charge in [0.05, 0.1) is 5.56 Å². The summed E-state index contributed by atoms with van der Waals surface area (Å²) < 4.78 is 2.16. The molecule has 1 aliphatic rings. The molecule has 0 saturated carbocycles. The van der Waals surface area contributed by atoms with Crippen LogP contribution in [0.25, 0.3) is 0 Å². The number of carbonyl (C=O) groups is 1. The zero-order valence-electron chi connectivity index (χ0n) is 18.1. The number of imidazole rings is 1. The smallest absolute Gasteiger partial charge is 0.252 e. The first-order valence-corrected chi connectivity index (χ1v) is 10.7. The molecule has 0 spiro atoms. The SMILES string of the molecule is CC(C)c1nccn1CCCNC(=O)c1ccc(N2CCN(C(C)C)CC2)nc1. The minimum Gasteiger partial charge on any atom is -0.354 e. The van der Waals surface area contributed by atoms with Gasteiger partial charge in [0.15, 0.2) is 0 Å². The summed E-state index contributed by atoms with van der Waals surface area (Å²) in [5.41, 5.74) is 0.611. The maximum absolute atomic E-state index is 12.4. The molecule has 1 saturated heterocycles. The third-order valence-corrected chi connectivity index (χ3v) is 5.50. The molecular weight excluding hydrogens is 364 g/mol. The van der Waals surface area contributed by atoms with Gasteiger partial charge in [-0.3, -0.25) is 9.69 Å². The van der Waals surface area contributed by atoms with Crippen LogP contribution in [-0.4, -0.2) is 64.1 Å². The monoisotopic (exact) mass is 398 g/mol. The second-order valence-electron chi connectivity index (χ2n) is 8.26. The van der Waals surface area contributed by atoms with Crippen LogP contribution in [0.4, 0.5) is 5.82 Å². The van der Waals surface area contributed by atoms with E-state index in [1.54, 1.807) is 6.20 Å². The third kappa shape index (κ3) is 5.56. The molecule has 7 nitrogen and oxygen atoms in total. The van der Waals surface area contributed by atoms with Crippen LogP contribution in [0.3, 0.4) is 0 Å². The van der Waals surface area contributed by atoms with Gasteiger partial charge in [-0.1, -0.05) is 13.8 Å². The molecule has 2 aromatic heterocycles. The number of rotatable bonds is 8. The van der Waals surface area contributed by atoms with Crippen LogP contribution >= 0.6 is 0 Å². The van der Waals surface area contributed by atoms with Gasteiger partial charge < -0.3 is 14.8 Å². The Morgan fingerprint density at radius 2 is 1.86 bits per heavy atom. The minimum absolute atomic E-state index is 0.0663. The Labute approximate surface area is 174 Å². The van der Waals surface area contributed by atoms with Crippen molar-refractivity contribution in [3.63, 3.8) is 0 Å². The average Bonchev–Trinajstić information content (AvgIpc) is 3.20. The summed E-state index contributed by atoms with van der Waals surface area (Å²) in [6.07, 6.45) is 6.39. The molecule has 0 bridgehead atoms. The van der Waals surface area contributed by atoms with Crippen molar-refractivity contribution in [1.82, 2.24) is 24.8 Å². The Balaban J connectivity index is 1.44. The number of piperazine rings is 1. The Bertz CT molecular complexity index is 775. The zero-order valence-corrected chi connectivity index (χ0v) is 18.1. The van der Waals surface area contributed by atoms with E-state index in [4.69, 9.17) is 0 Å². The van der Waals surface area contributed by atoms with Crippen LogP contribution < -0.4 is 10.2 Å². The Hall–Kier alpha value is -2.41. The number of hydrogen-bond acceptors (Lipinski definition) is 5. The molecule has 0 atom stereocenters. The molecule has 1 amide bonds. The normalized spacial score (nSPS) is 15.3. The van der Waals surface area contributed by atoms with Crippen molar-refractivity contribution < 1.29 is 4.79 Å². The van der Waals surface area contributed by atoms with Crippen LogP contribution in [-0.2, 0) is 6.54 Å². The van der Waals surface area contributed by atoms with E-state index >= 15 is 0 Å². The fourth-order valence-electron chi connectivity index (χ4n) is 3.74. The molecule has 1 aliphatic heterocycles. The largest absolute Gasteiger partial charge is 0.354 e. The molecule has 0 unspecified atom stereocenters. The quantitative estimate of drug-likeness (QED) is 0.693. The number of pyridine rings is 1. The third-order valence-electron chi connectivity index (χ3n) is 5.50. The molecule has 3 rings (SSSR count). The van der Waals surface area contributed by atoms with Crippen LogP contribution in [0.1, 0.15) is 56.2 Å². The Morgan fingerprint density at radius 3 is 2.48 bits per heavy atom. The highest BCUT2D eigenvalue weighted by Gasteiger charge is 2.19. The Morgan fingerprint density at radius 1 is 1.10 bits per heavy atom. The number of hydrogen-bond donors (Lipinski definition) is 1. The van der Waals surface area contributed by atoms with E-state index in [0.29, 0.717) is 24.1 Å². The predicted octanol–water partition coefficient (Wildman–Crippen LogP) is 2.75. The van der Waals surface area contributed by atoms with Crippen molar-refractivity contribution in [3.05, 3.63) is 42.1 Å². The summed E-state index contributed by atoms with van der Waals surface area (Å²) in [7, 11) is 0. The van der Waals surface area contributed by atoms with Gasteiger partial charge in [0.1, 0.15) is 11.6 Å². The molecule has 1 N–H and O–H groups in total. The molecule has 0 radical (unpaired) electrons. The first kappa shape index (κ1) is 21.3. The molecule has 3 heterocycles. The fraction of sp³-hybridized carbons (Fsp3) is 0.591. The molecular formula is C22H34N6O. The van der Waals surface area contributed by atoms with E-state index in [1.165, 1.54) is 0 Å². The van der Waals surface area contributed by atoms with Gasteiger partial charge >= 0.3 is 0 Å². The van der Waals surface area contributed by atoms with Gasteiger partial charge in [0.2, 0.25) is 0 Å². The van der Waals surface area contributed by atoms with Crippen molar-refractivity contribution in [1.29, 1.82) is 0 Å². The lowest BCUT2D eigenvalue weighted by atomic mass is 10.2. The lowest BCUT2D eigenvalue weighted by molar-refractivity contribution is 0.0952. The van der Waals surface area contributed by atoms with Gasteiger partial charge in [0.25, 0.3) is 5.91 Å². The zero-order chi connectivity index (χ0) is 20.8. The van der Waals surface area contributed by atoms with Gasteiger partial charge in [-0.2, -0.15) is 0 Å². The molecule has 29 heavy (non-hydrogen) atoms. The second-order valence-corrected chi connectivity index (χ2v) is 8.26. The highest BCUT2D eigenvalue weighted by molar-refractivity contribution is 5.94. The number of aryl methyl sites for hydroxylation is 1. The van der Waals surface area contributed by atoms with Crippen molar-refractivity contribution in [2.45, 2.75) is 52.6 Å². The van der Waals surface area contributed by atoms with Gasteiger partial charge in [0, 0.05) is 69.8 Å². The highest BCUT2D eigenvalue weighted by atomic mass is 16.1. The summed E-state index contributed by atoms with van der Waals surface area (Å²) in [6, 6.07) is 4.42. The lowest BCUT2D eigenvalue weighted by Gasteiger charge is -2.37. The topological polar surface area (TPSA) is 66.3 Å². The molecule has 2 aromatic rings. The van der Waals surface area contributed by atoms with E-state index in [9.17, 15) is 4.79 Å². The minimum atomic E-state index is -0.0663. The summed E-state index contributed by atoms with van der Waals surface area (Å²) in [4.78, 5) is 26.1. The Kier molecular flexibility index (Phi) is 7.25. The predicted molar refractivity (Wildman–Crippen MR) is 116 cm³/mol. The first-order chi connectivity index (χ1) is 14.0. The van der Waals surface area contributed by atoms with Crippen LogP contribution in [0.5, 0.6) is 0 Å². The van der Waals surface area contributed by atoms with E-state index in [1.807, 2.05) is 24.5 Å². The van der Waals surface area contributed by atoms with Gasteiger partial charge in [-0.25, -0.2) is 9.97 Å². The van der Waals surface area contributed by atoms with E-state index in [2.05, 4.69) is 57.3 Å². The van der Waals surface area contributed by atoms with Crippen molar-refractivity contribution in [3.8, 4) is 0 Å². The van der Waals surface area contributed by atoms with Crippen LogP contribution in [0, 0.1) is 0 Å². The molecule has 1 fully saturated rings. The van der Waals surface area contributed by atoms with E-state index < -0.39 is 0 Å². The van der Waals surface area contributed by atoms with Crippen molar-refractivity contribution >= 4 is 11.7 Å². The number of aromatic nitrogens is 3. The fourth-order valence-corrected chi connectivity index (χ4v) is 3.74. The molecule has 158 valence electrons. The van der Waals surface area contributed by atoms with Crippen LogP contribution in [0.15, 0.2) is 30.7 Å². The molecule has 0 aromatic carbocycles. The van der Waals surface area contributed by atoms with Crippen molar-refractivity contribution in [2.24, 2.45) is 0 Å². The van der Waals surface area contributed by atoms with Crippen molar-refractivity contribution in [2.75, 3.05) is 37.6 Å². The maximum Gasteiger partial charge on any atom is 0.252 e. The van der Waals surface area contributed by atoms with Gasteiger partial charge in [-0.15, -0.1) is 0 Å². The standard InChI is InChI=1S/C22H34N6O/c1-17(2)21-23-9-11-28(21)10-5-8-24-22(29)19-6-7-20(25-16-19)27-14-12-26(13-15-27)18(3)4/h6-7,9,11,16-18H,5,8,10,12-15H2,1-4H3,(H,24,29). The summed E-state index contributed by atoms with van der Waals surface area (Å²) >= 11 is 0. The maximum atomic E-state index is 12.4. The first-order valence-electron chi connectivity index (χ1n) is 10.7. The van der Waals surface area contributed by atoms with Gasteiger partial charge in [-0.05, 0) is 32.4 Å². The van der Waals surface area contributed by atoms with E-state index in [0.717, 1.165) is 50.8 Å². The molecule has 7 heteroatoms. The molecule has 0 aliphatic carbocycles. The lowest BCUT2D eigenvalue weighted by Crippen LogP contribution is -2.49. The second kappa shape index (κ2) is 9.87. The average molecular weight is 399 g/mol. The van der Waals surface area contributed by atoms with Crippen LogP contribution in [0.2, 0.25) is 0 Å².